The highest BCUT2D eigenvalue weighted by molar-refractivity contribution is 5.88. The van der Waals surface area contributed by atoms with E-state index >= 15 is 0 Å². The van der Waals surface area contributed by atoms with Gasteiger partial charge in [0.15, 0.2) is 0 Å². The van der Waals surface area contributed by atoms with E-state index < -0.39 is 6.04 Å². The van der Waals surface area contributed by atoms with Gasteiger partial charge < -0.3 is 20.4 Å². The molecule has 0 spiro atoms. The van der Waals surface area contributed by atoms with Gasteiger partial charge in [0.25, 0.3) is 0 Å². The quantitative estimate of drug-likeness (QED) is 0.833. The molecule has 7 nitrogen and oxygen atoms in total. The molecule has 2 aliphatic rings. The smallest absolute Gasteiger partial charge is 0.318 e. The normalized spacial score (nSPS) is 25.0. The number of nitrogens with zero attached hydrogens (tertiary/aromatic N) is 2. The van der Waals surface area contributed by atoms with Crippen molar-refractivity contribution in [3.8, 4) is 0 Å². The fraction of sp³-hybridized carbons (Fsp3) is 0.526. The zero-order chi connectivity index (χ0) is 18.7. The van der Waals surface area contributed by atoms with Crippen LogP contribution in [-0.4, -0.2) is 65.4 Å². The molecule has 2 heterocycles. The summed E-state index contributed by atoms with van der Waals surface area (Å²) in [5.74, 6) is -0.141. The zero-order valence-electron chi connectivity index (χ0n) is 15.3. The minimum atomic E-state index is -0.487. The van der Waals surface area contributed by atoms with E-state index in [9.17, 15) is 14.4 Å². The van der Waals surface area contributed by atoms with Gasteiger partial charge in [0, 0.05) is 32.6 Å². The van der Waals surface area contributed by atoms with Crippen molar-refractivity contribution in [2.24, 2.45) is 0 Å². The van der Waals surface area contributed by atoms with Crippen molar-refractivity contribution in [2.75, 3.05) is 19.6 Å². The fourth-order valence-electron chi connectivity index (χ4n) is 3.83. The van der Waals surface area contributed by atoms with Gasteiger partial charge in [-0.3, -0.25) is 9.59 Å². The Morgan fingerprint density at radius 2 is 1.92 bits per heavy atom. The summed E-state index contributed by atoms with van der Waals surface area (Å²) in [4.78, 5) is 39.9. The third kappa shape index (κ3) is 3.98. The molecule has 3 atom stereocenters. The molecule has 2 N–H and O–H groups in total. The Labute approximate surface area is 153 Å². The standard InChI is InChI=1S/C19H26N4O3/c1-13-18(25)23-11-16(21-14(2)24)10-17(23)12-22(13)19(26)20-9-8-15-6-4-3-5-7-15/h3-7,13,16-17H,8-12H2,1-2H3,(H,20,26)(H,21,24)/t13-,16-,17-/m0/s1. The van der Waals surface area contributed by atoms with Gasteiger partial charge in [-0.1, -0.05) is 30.3 Å². The third-order valence-electron chi connectivity index (χ3n) is 5.13. The summed E-state index contributed by atoms with van der Waals surface area (Å²) >= 11 is 0. The predicted molar refractivity (Wildman–Crippen MR) is 97.4 cm³/mol. The van der Waals surface area contributed by atoms with Crippen LogP contribution in [0.3, 0.4) is 0 Å². The Bertz CT molecular complexity index is 679. The zero-order valence-corrected chi connectivity index (χ0v) is 15.3. The van der Waals surface area contributed by atoms with Crippen LogP contribution in [0, 0.1) is 0 Å². The molecular weight excluding hydrogens is 332 g/mol. The maximum atomic E-state index is 12.6. The van der Waals surface area contributed by atoms with Crippen LogP contribution in [0.2, 0.25) is 0 Å². The molecule has 2 aliphatic heterocycles. The van der Waals surface area contributed by atoms with Crippen LogP contribution < -0.4 is 10.6 Å². The van der Waals surface area contributed by atoms with Gasteiger partial charge in [0.05, 0.1) is 6.04 Å². The van der Waals surface area contributed by atoms with Gasteiger partial charge in [-0.2, -0.15) is 0 Å². The lowest BCUT2D eigenvalue weighted by molar-refractivity contribution is -0.141. The number of fused-ring (bicyclic) bond motifs is 1. The minimum Gasteiger partial charge on any atom is -0.352 e. The van der Waals surface area contributed by atoms with Gasteiger partial charge in [0.2, 0.25) is 11.8 Å². The molecule has 0 unspecified atom stereocenters. The lowest BCUT2D eigenvalue weighted by Crippen LogP contribution is -2.62. The molecule has 4 amide bonds. The van der Waals surface area contributed by atoms with Crippen molar-refractivity contribution in [3.05, 3.63) is 35.9 Å². The molecule has 1 aromatic rings. The van der Waals surface area contributed by atoms with E-state index in [2.05, 4.69) is 10.6 Å². The largest absolute Gasteiger partial charge is 0.352 e. The first-order valence-corrected chi connectivity index (χ1v) is 9.11. The lowest BCUT2D eigenvalue weighted by atomic mass is 10.1. The van der Waals surface area contributed by atoms with Crippen molar-refractivity contribution in [3.63, 3.8) is 0 Å². The Morgan fingerprint density at radius 3 is 2.62 bits per heavy atom. The molecule has 0 saturated carbocycles. The predicted octanol–water partition coefficient (Wildman–Crippen LogP) is 0.748. The van der Waals surface area contributed by atoms with E-state index in [-0.39, 0.29) is 29.9 Å². The molecule has 0 aromatic heterocycles. The Hall–Kier alpha value is -2.57. The van der Waals surface area contributed by atoms with E-state index in [1.165, 1.54) is 6.92 Å². The number of hydrogen-bond donors (Lipinski definition) is 2. The number of rotatable bonds is 4. The number of nitrogens with one attached hydrogen (secondary N) is 2. The Kier molecular flexibility index (Phi) is 5.44. The summed E-state index contributed by atoms with van der Waals surface area (Å²) in [7, 11) is 0. The topological polar surface area (TPSA) is 81.8 Å². The maximum Gasteiger partial charge on any atom is 0.318 e. The van der Waals surface area contributed by atoms with Crippen molar-refractivity contribution >= 4 is 17.8 Å². The van der Waals surface area contributed by atoms with Crippen molar-refractivity contribution in [1.82, 2.24) is 20.4 Å². The van der Waals surface area contributed by atoms with E-state index in [1.807, 2.05) is 30.3 Å². The second kappa shape index (κ2) is 7.76. The van der Waals surface area contributed by atoms with Gasteiger partial charge in [-0.25, -0.2) is 4.79 Å². The fourth-order valence-corrected chi connectivity index (χ4v) is 3.83. The molecule has 26 heavy (non-hydrogen) atoms. The molecule has 2 fully saturated rings. The van der Waals surface area contributed by atoms with E-state index in [1.54, 1.807) is 16.7 Å². The second-order valence-electron chi connectivity index (χ2n) is 7.07. The number of amides is 4. The highest BCUT2D eigenvalue weighted by atomic mass is 16.2. The van der Waals surface area contributed by atoms with E-state index in [4.69, 9.17) is 0 Å². The molecular formula is C19H26N4O3. The van der Waals surface area contributed by atoms with Crippen molar-refractivity contribution < 1.29 is 14.4 Å². The van der Waals surface area contributed by atoms with E-state index in [0.29, 0.717) is 26.1 Å². The molecule has 3 rings (SSSR count). The van der Waals surface area contributed by atoms with Crippen LogP contribution in [-0.2, 0) is 16.0 Å². The van der Waals surface area contributed by atoms with Crippen molar-refractivity contribution in [1.29, 1.82) is 0 Å². The number of urea groups is 1. The van der Waals surface area contributed by atoms with Gasteiger partial charge in [0.1, 0.15) is 6.04 Å². The Morgan fingerprint density at radius 1 is 1.19 bits per heavy atom. The van der Waals surface area contributed by atoms with Crippen LogP contribution in [0.1, 0.15) is 25.8 Å². The van der Waals surface area contributed by atoms with Crippen molar-refractivity contribution in [2.45, 2.75) is 44.8 Å². The first-order chi connectivity index (χ1) is 12.5. The number of piperazine rings is 1. The number of benzene rings is 1. The molecule has 1 aromatic carbocycles. The van der Waals surface area contributed by atoms with Crippen LogP contribution in [0.25, 0.3) is 0 Å². The lowest BCUT2D eigenvalue weighted by Gasteiger charge is -2.41. The summed E-state index contributed by atoms with van der Waals surface area (Å²) < 4.78 is 0. The molecule has 0 radical (unpaired) electrons. The first-order valence-electron chi connectivity index (χ1n) is 9.11. The summed E-state index contributed by atoms with van der Waals surface area (Å²) in [6.45, 7) is 4.80. The molecule has 140 valence electrons. The van der Waals surface area contributed by atoms with Gasteiger partial charge in [-0.05, 0) is 25.3 Å². The monoisotopic (exact) mass is 358 g/mol. The van der Waals surface area contributed by atoms with Gasteiger partial charge in [-0.15, -0.1) is 0 Å². The highest BCUT2D eigenvalue weighted by Crippen LogP contribution is 2.26. The molecule has 0 aliphatic carbocycles. The average Bonchev–Trinajstić information content (AvgIpc) is 3.01. The second-order valence-corrected chi connectivity index (χ2v) is 7.07. The highest BCUT2D eigenvalue weighted by Gasteiger charge is 2.45. The number of carbonyl (C=O) groups excluding carboxylic acids is 3. The molecule has 7 heteroatoms. The molecule has 0 bridgehead atoms. The number of carbonyl (C=O) groups is 3. The van der Waals surface area contributed by atoms with Crippen LogP contribution in [0.4, 0.5) is 4.79 Å². The number of hydrogen-bond acceptors (Lipinski definition) is 3. The van der Waals surface area contributed by atoms with E-state index in [0.717, 1.165) is 12.0 Å². The van der Waals surface area contributed by atoms with Crippen LogP contribution in [0.15, 0.2) is 30.3 Å². The van der Waals surface area contributed by atoms with Crippen LogP contribution in [0.5, 0.6) is 0 Å². The minimum absolute atomic E-state index is 0.0320. The average molecular weight is 358 g/mol. The summed E-state index contributed by atoms with van der Waals surface area (Å²) in [6.07, 6.45) is 1.44. The Balaban J connectivity index is 1.55. The summed E-state index contributed by atoms with van der Waals surface area (Å²) in [5, 5.41) is 5.80. The first kappa shape index (κ1) is 18.2. The summed E-state index contributed by atoms with van der Waals surface area (Å²) in [6, 6.07) is 9.21. The maximum absolute atomic E-state index is 12.6. The van der Waals surface area contributed by atoms with Crippen LogP contribution >= 0.6 is 0 Å². The summed E-state index contributed by atoms with van der Waals surface area (Å²) in [5.41, 5.74) is 1.16. The van der Waals surface area contributed by atoms with Gasteiger partial charge >= 0.3 is 6.03 Å². The SMILES string of the molecule is CC(=O)N[C@H]1C[C@H]2CN(C(=O)NCCc3ccccc3)[C@@H](C)C(=O)N2C1. The molecule has 2 saturated heterocycles. The third-order valence-corrected chi connectivity index (χ3v) is 5.13.